The van der Waals surface area contributed by atoms with Crippen molar-refractivity contribution in [2.24, 2.45) is 0 Å². The zero-order valence-electron chi connectivity index (χ0n) is 24.4. The normalized spacial score (nSPS) is 12.3. The van der Waals surface area contributed by atoms with Crippen LogP contribution in [0, 0.1) is 0 Å². The summed E-state index contributed by atoms with van der Waals surface area (Å²) in [6, 6.07) is 0. The van der Waals surface area contributed by atoms with Gasteiger partial charge in [-0.3, -0.25) is 0 Å². The molecule has 0 bridgehead atoms. The van der Waals surface area contributed by atoms with Gasteiger partial charge in [-0.05, 0) is 13.3 Å². The fourth-order valence-electron chi connectivity index (χ4n) is 4.18. The molecule has 0 saturated carbocycles. The molecule has 7 heteroatoms. The number of carbonyl (C=O) groups is 1. The number of hydrogen-bond acceptors (Lipinski definition) is 6. The fourth-order valence-corrected chi connectivity index (χ4v) is 4.18. The lowest BCUT2D eigenvalue weighted by molar-refractivity contribution is -0.192. The van der Waals surface area contributed by atoms with Crippen LogP contribution in [0.2, 0.25) is 0 Å². The van der Waals surface area contributed by atoms with Gasteiger partial charge in [-0.2, -0.15) is 0 Å². The van der Waals surface area contributed by atoms with Crippen molar-refractivity contribution in [3.8, 4) is 0 Å². The van der Waals surface area contributed by atoms with Gasteiger partial charge in [-0.1, -0.05) is 116 Å². The molecule has 0 aliphatic carbocycles. The van der Waals surface area contributed by atoms with E-state index in [1.165, 1.54) is 103 Å². The highest BCUT2D eigenvalue weighted by Gasteiger charge is 2.18. The number of aliphatic carboxylic acids is 1. The van der Waals surface area contributed by atoms with Crippen LogP contribution in [0.4, 0.5) is 0 Å². The zero-order chi connectivity index (χ0) is 27.1. The van der Waals surface area contributed by atoms with Crippen LogP contribution >= 0.6 is 0 Å². The molecule has 0 heterocycles. The smallest absolute Gasteiger partial charge is 0.361 e. The Morgan fingerprint density at radius 2 is 0.838 bits per heavy atom. The maximum atomic E-state index is 11.3. The van der Waals surface area contributed by atoms with Crippen LogP contribution in [0.25, 0.3) is 0 Å². The van der Waals surface area contributed by atoms with Crippen molar-refractivity contribution in [2.45, 2.75) is 136 Å². The van der Waals surface area contributed by atoms with Gasteiger partial charge in [0.15, 0.2) is 0 Å². The van der Waals surface area contributed by atoms with E-state index >= 15 is 0 Å². The number of carboxylic acid groups (broad SMARTS) is 1. The molecular weight excluding hydrogens is 472 g/mol. The highest BCUT2D eigenvalue weighted by Crippen LogP contribution is 2.14. The first kappa shape index (κ1) is 36.3. The van der Waals surface area contributed by atoms with Gasteiger partial charge in [-0.15, -0.1) is 0 Å². The van der Waals surface area contributed by atoms with E-state index < -0.39 is 12.3 Å². The van der Waals surface area contributed by atoms with Gasteiger partial charge >= 0.3 is 5.97 Å². The summed E-state index contributed by atoms with van der Waals surface area (Å²) in [5, 5.41) is 9.25. The predicted molar refractivity (Wildman–Crippen MR) is 150 cm³/mol. The Hall–Kier alpha value is -0.730. The second-order valence-electron chi connectivity index (χ2n) is 9.84. The molecule has 0 aliphatic rings. The predicted octanol–water partition coefficient (Wildman–Crippen LogP) is 7.54. The lowest BCUT2D eigenvalue weighted by Crippen LogP contribution is -2.29. The van der Waals surface area contributed by atoms with Crippen LogP contribution in [0.1, 0.15) is 129 Å². The minimum Gasteiger partial charge on any atom is -0.477 e. The molecule has 0 aromatic carbocycles. The van der Waals surface area contributed by atoms with E-state index in [0.717, 1.165) is 12.8 Å². The molecule has 0 saturated heterocycles. The lowest BCUT2D eigenvalue weighted by atomic mass is 10.0. The highest BCUT2D eigenvalue weighted by atomic mass is 16.7. The van der Waals surface area contributed by atoms with Crippen LogP contribution in [0.15, 0.2) is 0 Å². The number of rotatable bonds is 32. The summed E-state index contributed by atoms with van der Waals surface area (Å²) in [4.78, 5) is 11.3. The summed E-state index contributed by atoms with van der Waals surface area (Å²) in [5.74, 6) is -1.10. The summed E-state index contributed by atoms with van der Waals surface area (Å²) in [5.41, 5.74) is 0. The standard InChI is InChI=1S/C30H60O7/c1-3-5-6-7-8-9-10-11-12-13-14-15-16-17-18-19-20-21-22-36-30(29(31)32)37-28-27-35-26-25-34-24-23-33-4-2/h30H,3-28H2,1-2H3,(H,31,32). The van der Waals surface area contributed by atoms with Gasteiger partial charge in [0, 0.05) is 6.61 Å². The molecule has 0 spiro atoms. The first-order chi connectivity index (χ1) is 18.2. The van der Waals surface area contributed by atoms with Crippen molar-refractivity contribution in [1.29, 1.82) is 0 Å². The first-order valence-electron chi connectivity index (χ1n) is 15.4. The zero-order valence-corrected chi connectivity index (χ0v) is 24.4. The molecule has 1 atom stereocenters. The first-order valence-corrected chi connectivity index (χ1v) is 15.4. The summed E-state index contributed by atoms with van der Waals surface area (Å²) in [7, 11) is 0. The van der Waals surface area contributed by atoms with Crippen LogP contribution in [0.3, 0.4) is 0 Å². The van der Waals surface area contributed by atoms with Gasteiger partial charge in [0.2, 0.25) is 0 Å². The Bertz CT molecular complexity index is 448. The summed E-state index contributed by atoms with van der Waals surface area (Å²) in [6.45, 7) is 7.83. The topological polar surface area (TPSA) is 83.5 Å². The SMILES string of the molecule is CCCCCCCCCCCCCCCCCCCCOC(OCCOCCOCCOCC)C(=O)O. The Kier molecular flexibility index (Phi) is 30.9. The molecule has 0 aromatic rings. The molecule has 0 rings (SSSR count). The van der Waals surface area contributed by atoms with Gasteiger partial charge in [0.25, 0.3) is 6.29 Å². The number of unbranched alkanes of at least 4 members (excludes halogenated alkanes) is 17. The largest absolute Gasteiger partial charge is 0.477 e. The molecule has 1 unspecified atom stereocenters. The Balaban J connectivity index is 3.35. The van der Waals surface area contributed by atoms with E-state index in [2.05, 4.69) is 6.92 Å². The average Bonchev–Trinajstić information content (AvgIpc) is 2.89. The van der Waals surface area contributed by atoms with E-state index in [0.29, 0.717) is 46.2 Å². The van der Waals surface area contributed by atoms with E-state index in [9.17, 15) is 9.90 Å². The van der Waals surface area contributed by atoms with Gasteiger partial charge in [-0.25, -0.2) is 4.79 Å². The van der Waals surface area contributed by atoms with Gasteiger partial charge in [0.1, 0.15) is 0 Å². The van der Waals surface area contributed by atoms with Crippen LogP contribution in [0.5, 0.6) is 0 Å². The van der Waals surface area contributed by atoms with Crippen LogP contribution in [-0.4, -0.2) is 70.2 Å². The minimum atomic E-state index is -1.23. The molecule has 37 heavy (non-hydrogen) atoms. The summed E-state index contributed by atoms with van der Waals surface area (Å²) in [6.07, 6.45) is 22.6. The third kappa shape index (κ3) is 29.7. The monoisotopic (exact) mass is 532 g/mol. The minimum absolute atomic E-state index is 0.176. The van der Waals surface area contributed by atoms with Crippen molar-refractivity contribution in [1.82, 2.24) is 0 Å². The lowest BCUT2D eigenvalue weighted by Gasteiger charge is -2.14. The molecular formula is C30H60O7. The molecule has 1 N–H and O–H groups in total. The maximum absolute atomic E-state index is 11.3. The molecule has 0 aromatic heterocycles. The van der Waals surface area contributed by atoms with E-state index in [1.807, 2.05) is 6.92 Å². The molecule has 0 radical (unpaired) electrons. The number of carboxylic acids is 1. The summed E-state index contributed by atoms with van der Waals surface area (Å²) >= 11 is 0. The van der Waals surface area contributed by atoms with Crippen molar-refractivity contribution >= 4 is 5.97 Å². The maximum Gasteiger partial charge on any atom is 0.361 e. The second kappa shape index (κ2) is 31.5. The van der Waals surface area contributed by atoms with Crippen molar-refractivity contribution in [3.63, 3.8) is 0 Å². The Morgan fingerprint density at radius 1 is 0.486 bits per heavy atom. The molecule has 222 valence electrons. The quantitative estimate of drug-likeness (QED) is 0.0707. The van der Waals surface area contributed by atoms with E-state index in [1.54, 1.807) is 0 Å². The van der Waals surface area contributed by atoms with Gasteiger partial charge in [0.05, 0.1) is 46.2 Å². The number of ether oxygens (including phenoxy) is 5. The van der Waals surface area contributed by atoms with E-state index in [-0.39, 0.29) is 6.61 Å². The second-order valence-corrected chi connectivity index (χ2v) is 9.84. The third-order valence-electron chi connectivity index (χ3n) is 6.41. The van der Waals surface area contributed by atoms with Crippen LogP contribution < -0.4 is 0 Å². The molecule has 7 nitrogen and oxygen atoms in total. The molecule has 0 aliphatic heterocycles. The van der Waals surface area contributed by atoms with Crippen molar-refractivity contribution in [3.05, 3.63) is 0 Å². The fraction of sp³-hybridized carbons (Fsp3) is 0.967. The third-order valence-corrected chi connectivity index (χ3v) is 6.41. The highest BCUT2D eigenvalue weighted by molar-refractivity contribution is 5.70. The van der Waals surface area contributed by atoms with Crippen molar-refractivity contribution < 1.29 is 33.6 Å². The van der Waals surface area contributed by atoms with Gasteiger partial charge < -0.3 is 28.8 Å². The summed E-state index contributed by atoms with van der Waals surface area (Å²) < 4.78 is 26.6. The average molecular weight is 533 g/mol. The van der Waals surface area contributed by atoms with Crippen LogP contribution in [-0.2, 0) is 28.5 Å². The van der Waals surface area contributed by atoms with Crippen molar-refractivity contribution in [2.75, 3.05) is 52.9 Å². The Morgan fingerprint density at radius 3 is 1.24 bits per heavy atom. The molecule has 0 amide bonds. The number of hydrogen-bond donors (Lipinski definition) is 1. The van der Waals surface area contributed by atoms with E-state index in [4.69, 9.17) is 23.7 Å². The molecule has 0 fully saturated rings. The Labute approximate surface area is 228 Å².